The van der Waals surface area contributed by atoms with E-state index in [1.165, 1.54) is 241 Å². The Balaban J connectivity index is 0.000000162. The van der Waals surface area contributed by atoms with Crippen LogP contribution < -0.4 is 18.9 Å². The predicted octanol–water partition coefficient (Wildman–Crippen LogP) is 20.5. The van der Waals surface area contributed by atoms with Gasteiger partial charge in [0, 0.05) is 48.4 Å². The lowest BCUT2D eigenvalue weighted by molar-refractivity contribution is -0.384. The maximum atomic E-state index is 12.8. The van der Waals surface area contributed by atoms with Gasteiger partial charge in [-0.15, -0.1) is 0 Å². The summed E-state index contributed by atoms with van der Waals surface area (Å²) in [5, 5.41) is 45.6. The molecule has 16 heteroatoms. The van der Waals surface area contributed by atoms with Crippen LogP contribution in [0.2, 0.25) is 0 Å². The van der Waals surface area contributed by atoms with Crippen LogP contribution in [-0.2, 0) is 33.1 Å². The van der Waals surface area contributed by atoms with Crippen molar-refractivity contribution in [1.82, 2.24) is 9.80 Å². The summed E-state index contributed by atoms with van der Waals surface area (Å²) in [5.41, 5.74) is 4.10. The molecule has 4 aliphatic heterocycles. The number of nitro groups is 1. The average molecular weight is 1410 g/mol. The van der Waals surface area contributed by atoms with Gasteiger partial charge in [0.2, 0.25) is 0 Å². The predicted molar refractivity (Wildman–Crippen MR) is 402 cm³/mol. The van der Waals surface area contributed by atoms with E-state index < -0.39 is 39.3 Å². The molecule has 2 spiro atoms. The van der Waals surface area contributed by atoms with Crippen molar-refractivity contribution in [3.05, 3.63) is 105 Å². The summed E-state index contributed by atoms with van der Waals surface area (Å²) in [6.07, 6.45) is 51.6. The maximum Gasteiger partial charge on any atom is 0.513 e. The van der Waals surface area contributed by atoms with Crippen molar-refractivity contribution >= 4 is 18.0 Å². The topological polar surface area (TPSA) is 200 Å². The van der Waals surface area contributed by atoms with Gasteiger partial charge in [0.05, 0.1) is 40.2 Å². The number of benzene rings is 3. The Hall–Kier alpha value is -5.68. The molecule has 16 nitrogen and oxygen atoms in total. The molecule has 4 heterocycles. The van der Waals surface area contributed by atoms with Gasteiger partial charge < -0.3 is 43.7 Å². The number of likely N-dealkylation sites (tertiary alicyclic amines) is 2. The number of hydrogen-bond acceptors (Lipinski definition) is 15. The van der Waals surface area contributed by atoms with Crippen LogP contribution in [0, 0.1) is 22.0 Å². The molecule has 6 fully saturated rings. The molecule has 2 unspecified atom stereocenters. The average Bonchev–Trinajstić information content (AvgIpc) is 1.44. The van der Waals surface area contributed by atoms with E-state index in [9.17, 15) is 35.0 Å². The normalized spacial score (nSPS) is 25.9. The van der Waals surface area contributed by atoms with Crippen LogP contribution in [-0.4, -0.2) is 117 Å². The molecule has 3 aromatic rings. The standard InChI is InChI=1S/C40H61NO5.C25H41NO5.C21H25NO3/c1-3-4-5-6-7-8-9-10-11-12-13-14-15-16-17-18-27-44-38(42)45-33-22-21-32-28-34-40(43)24-23-30(2)37-39(40,35(32)36(33)46-37)25-26-41(34)29-31-19-20-31;1-2-3-4-5-6-7-8-9-10-11-12-13-14-15-16-17-22-30-25(27)31-24-20-18-23(19-21-24)26(28)29;1-12-6-7-21(24)16-10-14-4-5-15(23)18-17(14)20(21,19(12)25-18)8-9-22(16)11-13-2-3-13/h21-22,31,34,37,43H,2-20,23-29H2,1H3;18-21H,2-17,22H2,1H3;4-5,13,16,19,23-24H,1-3,6-11H2/t34?,37-,39-,40+;;16?,19-,20-,21+/m0.0/s1. The fourth-order valence-electron chi connectivity index (χ4n) is 19.3. The Labute approximate surface area is 610 Å². The van der Waals surface area contributed by atoms with Gasteiger partial charge in [0.1, 0.15) is 18.0 Å². The fourth-order valence-corrected chi connectivity index (χ4v) is 19.3. The third-order valence-corrected chi connectivity index (χ3v) is 25.3. The van der Waals surface area contributed by atoms with Crippen molar-refractivity contribution in [1.29, 1.82) is 0 Å². The number of hydrogen-bond donors (Lipinski definition) is 3. The van der Waals surface area contributed by atoms with E-state index in [0.29, 0.717) is 36.9 Å². The molecule has 0 aromatic heterocycles. The molecule has 4 saturated carbocycles. The second-order valence-electron chi connectivity index (χ2n) is 32.6. The number of phenols is 1. The first-order valence-electron chi connectivity index (χ1n) is 41.2. The molecule has 6 aliphatic carbocycles. The number of non-ortho nitro benzene ring substituents is 1. The Morgan fingerprint density at radius 3 is 1.28 bits per heavy atom. The summed E-state index contributed by atoms with van der Waals surface area (Å²) in [6.45, 7) is 18.1. The van der Waals surface area contributed by atoms with Crippen LogP contribution in [0.1, 0.15) is 306 Å². The van der Waals surface area contributed by atoms with Crippen molar-refractivity contribution in [3.63, 3.8) is 0 Å². The minimum Gasteiger partial charge on any atom is -0.504 e. The lowest BCUT2D eigenvalue weighted by Crippen LogP contribution is -2.75. The van der Waals surface area contributed by atoms with E-state index in [1.807, 2.05) is 12.1 Å². The zero-order valence-electron chi connectivity index (χ0n) is 62.6. The third-order valence-electron chi connectivity index (χ3n) is 25.3. The largest absolute Gasteiger partial charge is 0.513 e. The van der Waals surface area contributed by atoms with E-state index in [-0.39, 0.29) is 41.5 Å². The second-order valence-corrected chi connectivity index (χ2v) is 32.6. The Bertz CT molecular complexity index is 3240. The lowest BCUT2D eigenvalue weighted by Gasteiger charge is -2.63. The summed E-state index contributed by atoms with van der Waals surface area (Å²) in [4.78, 5) is 39.6. The first-order valence-corrected chi connectivity index (χ1v) is 41.2. The molecule has 3 aromatic carbocycles. The number of unbranched alkanes of at least 4 members (excludes halogenated alkanes) is 30. The Morgan fingerprint density at radius 1 is 0.510 bits per heavy atom. The zero-order valence-corrected chi connectivity index (χ0v) is 62.6. The number of ether oxygens (including phenoxy) is 6. The minimum atomic E-state index is -0.864. The highest BCUT2D eigenvalue weighted by Crippen LogP contribution is 2.68. The van der Waals surface area contributed by atoms with Crippen LogP contribution >= 0.6 is 0 Å². The lowest BCUT2D eigenvalue weighted by atomic mass is 9.48. The maximum absolute atomic E-state index is 12.8. The van der Waals surface area contributed by atoms with Crippen molar-refractivity contribution < 1.29 is 58.3 Å². The number of aliphatic hydroxyl groups is 2. The number of aromatic hydroxyl groups is 1. The highest BCUT2D eigenvalue weighted by molar-refractivity contribution is 5.70. The van der Waals surface area contributed by atoms with Crippen molar-refractivity contribution in [2.75, 3.05) is 39.4 Å². The number of rotatable bonds is 41. The number of carbonyl (C=O) groups is 2. The van der Waals surface area contributed by atoms with Gasteiger partial charge in [-0.05, 0) is 161 Å². The molecule has 0 radical (unpaired) electrons. The Kier molecular flexibility index (Phi) is 28.1. The van der Waals surface area contributed by atoms with Gasteiger partial charge in [-0.2, -0.15) is 0 Å². The molecule has 8 atom stereocenters. The van der Waals surface area contributed by atoms with E-state index in [4.69, 9.17) is 28.4 Å². The molecule has 13 rings (SSSR count). The summed E-state index contributed by atoms with van der Waals surface area (Å²) in [7, 11) is 0. The molecule has 4 bridgehead atoms. The van der Waals surface area contributed by atoms with E-state index in [2.05, 4.69) is 42.9 Å². The van der Waals surface area contributed by atoms with Gasteiger partial charge in [-0.3, -0.25) is 19.9 Å². The summed E-state index contributed by atoms with van der Waals surface area (Å²) in [5.74, 6) is 3.69. The van der Waals surface area contributed by atoms with Gasteiger partial charge in [0.25, 0.3) is 5.69 Å². The molecule has 10 aliphatic rings. The van der Waals surface area contributed by atoms with Crippen molar-refractivity contribution in [2.24, 2.45) is 11.8 Å². The monoisotopic (exact) mass is 1410 g/mol. The molecule has 564 valence electrons. The molecule has 0 amide bonds. The third kappa shape index (κ3) is 18.2. The number of carbonyl (C=O) groups excluding carboxylic acids is 2. The van der Waals surface area contributed by atoms with Crippen molar-refractivity contribution in [3.8, 4) is 28.7 Å². The molecule has 102 heavy (non-hydrogen) atoms. The Morgan fingerprint density at radius 2 is 0.882 bits per heavy atom. The highest BCUT2D eigenvalue weighted by atomic mass is 16.7. The van der Waals surface area contributed by atoms with Gasteiger partial charge in [-0.25, -0.2) is 9.59 Å². The molecular weight excluding hydrogens is 1280 g/mol. The van der Waals surface area contributed by atoms with Crippen LogP contribution in [0.4, 0.5) is 15.3 Å². The molecular formula is C86H127N3O13. The van der Waals surface area contributed by atoms with Gasteiger partial charge in [0.15, 0.2) is 23.0 Å². The second kappa shape index (κ2) is 37.0. The van der Waals surface area contributed by atoms with Crippen LogP contribution in [0.25, 0.3) is 0 Å². The summed E-state index contributed by atoms with van der Waals surface area (Å²) >= 11 is 0. The first kappa shape index (κ1) is 77.4. The fraction of sp³-hybridized carbons (Fsp3) is 0.721. The molecule has 3 N–H and O–H groups in total. The van der Waals surface area contributed by atoms with E-state index >= 15 is 0 Å². The summed E-state index contributed by atoms with van der Waals surface area (Å²) < 4.78 is 34.3. The van der Waals surface area contributed by atoms with E-state index in [0.717, 1.165) is 131 Å². The highest BCUT2D eigenvalue weighted by Gasteiger charge is 2.73. The van der Waals surface area contributed by atoms with Crippen LogP contribution in [0.3, 0.4) is 0 Å². The SMILES string of the molecule is C=C1CC[C@@]2(O)C3Cc4ccc(O)c5c4[C@@]2(CCN3CC2CC2)[C@H]1O5.C=C1CC[C@@]2(O)C3Cc4ccc(OC(=O)OCCCCCCCCCCCCCCCCCC)c5c4[C@@]2(CCN3CC2CC2)[C@H]1O5.CCCCCCCCCCCCCCCCCCOC(=O)Oc1ccc([N+](=O)[O-])cc1. The number of nitro benzene ring substituents is 1. The van der Waals surface area contributed by atoms with Crippen LogP contribution in [0.5, 0.6) is 28.7 Å². The molecule has 2 saturated heterocycles. The van der Waals surface area contributed by atoms with Gasteiger partial charge in [-0.1, -0.05) is 232 Å². The number of nitrogens with zero attached hydrogens (tertiary/aromatic N) is 3. The quantitative estimate of drug-likeness (QED) is 0.0121. The zero-order chi connectivity index (χ0) is 71.5. The smallest absolute Gasteiger partial charge is 0.504 e. The van der Waals surface area contributed by atoms with Crippen LogP contribution in [0.15, 0.2) is 72.8 Å². The first-order chi connectivity index (χ1) is 49.6. The van der Waals surface area contributed by atoms with E-state index in [1.54, 1.807) is 6.07 Å². The summed E-state index contributed by atoms with van der Waals surface area (Å²) in [6, 6.07) is 13.4. The van der Waals surface area contributed by atoms with Crippen molar-refractivity contribution in [2.45, 2.75) is 343 Å². The number of piperidine rings is 2. The van der Waals surface area contributed by atoms with Gasteiger partial charge >= 0.3 is 12.3 Å². The number of phenolic OH excluding ortho intramolecular Hbond substituents is 1. The minimum absolute atomic E-state index is 0.0473.